The fourth-order valence-corrected chi connectivity index (χ4v) is 2.48. The van der Waals surface area contributed by atoms with Crippen LogP contribution in [0.5, 0.6) is 0 Å². The molecule has 7 nitrogen and oxygen atoms in total. The van der Waals surface area contributed by atoms with Crippen LogP contribution in [0.25, 0.3) is 0 Å². The summed E-state index contributed by atoms with van der Waals surface area (Å²) in [6.07, 6.45) is -0.967. The lowest BCUT2D eigenvalue weighted by atomic mass is 9.99. The van der Waals surface area contributed by atoms with Gasteiger partial charge in [-0.1, -0.05) is 15.9 Å². The summed E-state index contributed by atoms with van der Waals surface area (Å²) >= 11 is 3.20. The number of carboxylic acid groups (broad SMARTS) is 1. The Labute approximate surface area is 110 Å². The third-order valence-electron chi connectivity index (χ3n) is 2.67. The number of amides is 1. The molecule has 1 aromatic carbocycles. The van der Waals surface area contributed by atoms with Gasteiger partial charge in [0.2, 0.25) is 0 Å². The summed E-state index contributed by atoms with van der Waals surface area (Å²) in [5.74, 6) is 0. The Morgan fingerprint density at radius 3 is 2.89 bits per heavy atom. The summed E-state index contributed by atoms with van der Waals surface area (Å²) in [7, 11) is 0. The molecule has 18 heavy (non-hydrogen) atoms. The number of nitrogens with one attached hydrogen (secondary N) is 2. The molecule has 0 radical (unpaired) electrons. The lowest BCUT2D eigenvalue weighted by Crippen LogP contribution is -2.48. The van der Waals surface area contributed by atoms with E-state index in [4.69, 9.17) is 0 Å². The Morgan fingerprint density at radius 1 is 1.56 bits per heavy atom. The number of benzene rings is 1. The molecule has 0 aliphatic carbocycles. The highest BCUT2D eigenvalue weighted by Gasteiger charge is 2.25. The van der Waals surface area contributed by atoms with Crippen molar-refractivity contribution in [3.63, 3.8) is 0 Å². The van der Waals surface area contributed by atoms with Gasteiger partial charge in [-0.3, -0.25) is 10.1 Å². The predicted octanol–water partition coefficient (Wildman–Crippen LogP) is 0.627. The molecule has 96 valence electrons. The number of rotatable bonds is 2. The molecule has 1 heterocycles. The summed E-state index contributed by atoms with van der Waals surface area (Å²) in [5, 5.41) is 26.5. The maximum Gasteiger partial charge on any atom is 0.293 e. The van der Waals surface area contributed by atoms with E-state index in [2.05, 4.69) is 26.6 Å². The monoisotopic (exact) mass is 314 g/mol. The van der Waals surface area contributed by atoms with Crippen molar-refractivity contribution in [1.29, 1.82) is 0 Å². The number of nitro benzene ring substituents is 1. The first kappa shape index (κ1) is 12.6. The molecule has 0 fully saturated rings. The topological polar surface area (TPSA) is 107 Å². The van der Waals surface area contributed by atoms with Crippen LogP contribution in [0.3, 0.4) is 0 Å². The second kappa shape index (κ2) is 4.81. The summed E-state index contributed by atoms with van der Waals surface area (Å²) in [6, 6.07) is 2.80. The Balaban J connectivity index is 2.33. The average molecular weight is 315 g/mol. The number of fused-ring (bicyclic) bond motifs is 1. The average Bonchev–Trinajstić information content (AvgIpc) is 2.26. The Bertz CT molecular complexity index is 520. The van der Waals surface area contributed by atoms with Gasteiger partial charge in [-0.15, -0.1) is 0 Å². The quantitative estimate of drug-likeness (QED) is 0.615. The normalized spacial score (nSPS) is 17.5. The van der Waals surface area contributed by atoms with Gasteiger partial charge in [0.15, 0.2) is 0 Å². The number of anilines is 1. The van der Waals surface area contributed by atoms with Gasteiger partial charge in [0.1, 0.15) is 11.8 Å². The van der Waals surface area contributed by atoms with Gasteiger partial charge >= 0.3 is 0 Å². The molecule has 0 aromatic heterocycles. The molecular formula is C10H9BrN3O4-. The number of hydrogen-bond acceptors (Lipinski definition) is 5. The molecule has 8 heteroatoms. The number of nitro groups is 1. The van der Waals surface area contributed by atoms with Crippen LogP contribution in [-0.2, 0) is 6.42 Å². The zero-order valence-corrected chi connectivity index (χ0v) is 10.7. The highest BCUT2D eigenvalue weighted by molar-refractivity contribution is 9.10. The molecule has 0 bridgehead atoms. The minimum Gasteiger partial charge on any atom is -0.530 e. The van der Waals surface area contributed by atoms with Crippen molar-refractivity contribution in [2.75, 3.05) is 11.9 Å². The predicted molar refractivity (Wildman–Crippen MR) is 65.3 cm³/mol. The van der Waals surface area contributed by atoms with Gasteiger partial charge in [0, 0.05) is 23.1 Å². The standard InChI is InChI=1S/C10H10BrN3O4/c11-6-1-5-2-7(13-10(15)16)4-12-9(5)8(3-6)14(17)18/h1,3,7,12-13H,2,4H2,(H,15,16)/p-1. The number of hydrogen-bond donors (Lipinski definition) is 2. The minimum absolute atomic E-state index is 0.0220. The van der Waals surface area contributed by atoms with Crippen LogP contribution in [0.4, 0.5) is 16.2 Å². The molecule has 1 unspecified atom stereocenters. The van der Waals surface area contributed by atoms with Crippen molar-refractivity contribution in [3.05, 3.63) is 32.3 Å². The summed E-state index contributed by atoms with van der Waals surface area (Å²) < 4.78 is 0.587. The molecule has 0 saturated heterocycles. The fourth-order valence-electron chi connectivity index (χ4n) is 1.99. The van der Waals surface area contributed by atoms with E-state index in [1.54, 1.807) is 6.07 Å². The number of halogens is 1. The SMILES string of the molecule is O=C([O-])NC1CNc2c(cc(Br)cc2[N+](=O)[O-])C1. The molecule has 0 spiro atoms. The van der Waals surface area contributed by atoms with Crippen molar-refractivity contribution in [3.8, 4) is 0 Å². The van der Waals surface area contributed by atoms with Gasteiger partial charge in [0.25, 0.3) is 5.69 Å². The Hall–Kier alpha value is -1.83. The Morgan fingerprint density at radius 2 is 2.28 bits per heavy atom. The van der Waals surface area contributed by atoms with Crippen LogP contribution in [-0.4, -0.2) is 23.6 Å². The molecule has 1 atom stereocenters. The highest BCUT2D eigenvalue weighted by Crippen LogP contribution is 2.35. The second-order valence-electron chi connectivity index (χ2n) is 3.93. The molecule has 0 saturated carbocycles. The van der Waals surface area contributed by atoms with Crippen molar-refractivity contribution in [2.24, 2.45) is 0 Å². The second-order valence-corrected chi connectivity index (χ2v) is 4.85. The summed E-state index contributed by atoms with van der Waals surface area (Å²) in [4.78, 5) is 20.9. The number of carbonyl (C=O) groups is 1. The molecule has 1 aromatic rings. The van der Waals surface area contributed by atoms with Gasteiger partial charge in [-0.05, 0) is 18.1 Å². The van der Waals surface area contributed by atoms with Crippen LogP contribution in [0.1, 0.15) is 5.56 Å². The van der Waals surface area contributed by atoms with E-state index in [0.29, 0.717) is 28.7 Å². The van der Waals surface area contributed by atoms with Crippen LogP contribution in [0, 0.1) is 10.1 Å². The first-order valence-electron chi connectivity index (χ1n) is 5.15. The Kier molecular flexibility index (Phi) is 3.37. The van der Waals surface area contributed by atoms with Crippen LogP contribution >= 0.6 is 15.9 Å². The van der Waals surface area contributed by atoms with Crippen LogP contribution < -0.4 is 15.7 Å². The summed E-state index contributed by atoms with van der Waals surface area (Å²) in [6.45, 7) is 0.295. The minimum atomic E-state index is -1.35. The molecular weight excluding hydrogens is 306 g/mol. The van der Waals surface area contributed by atoms with E-state index in [1.165, 1.54) is 6.07 Å². The van der Waals surface area contributed by atoms with E-state index < -0.39 is 11.0 Å². The van der Waals surface area contributed by atoms with Gasteiger partial charge in [-0.25, -0.2) is 0 Å². The maximum absolute atomic E-state index is 10.9. The van der Waals surface area contributed by atoms with Crippen molar-refractivity contribution < 1.29 is 14.8 Å². The van der Waals surface area contributed by atoms with Gasteiger partial charge in [0.05, 0.1) is 4.92 Å². The number of carbonyl (C=O) groups excluding carboxylic acids is 1. The van der Waals surface area contributed by atoms with Crippen LogP contribution in [0.15, 0.2) is 16.6 Å². The fraction of sp³-hybridized carbons (Fsp3) is 0.300. The number of nitrogens with zero attached hydrogens (tertiary/aromatic N) is 1. The zero-order valence-electron chi connectivity index (χ0n) is 9.10. The lowest BCUT2D eigenvalue weighted by molar-refractivity contribution is -0.384. The van der Waals surface area contributed by atoms with Crippen molar-refractivity contribution in [2.45, 2.75) is 12.5 Å². The van der Waals surface area contributed by atoms with Crippen molar-refractivity contribution in [1.82, 2.24) is 5.32 Å². The molecule has 1 aliphatic rings. The van der Waals surface area contributed by atoms with E-state index in [0.717, 1.165) is 0 Å². The molecule has 1 amide bonds. The van der Waals surface area contributed by atoms with Gasteiger partial charge in [-0.2, -0.15) is 0 Å². The lowest BCUT2D eigenvalue weighted by Gasteiger charge is -2.27. The molecule has 2 N–H and O–H groups in total. The van der Waals surface area contributed by atoms with E-state index in [-0.39, 0.29) is 11.7 Å². The first-order valence-corrected chi connectivity index (χ1v) is 5.95. The van der Waals surface area contributed by atoms with Gasteiger partial charge < -0.3 is 20.5 Å². The molecule has 2 rings (SSSR count). The zero-order chi connectivity index (χ0) is 13.3. The maximum atomic E-state index is 10.9. The summed E-state index contributed by atoms with van der Waals surface area (Å²) in [5.41, 5.74) is 1.12. The van der Waals surface area contributed by atoms with Crippen LogP contribution in [0.2, 0.25) is 0 Å². The first-order chi connectivity index (χ1) is 8.47. The molecule has 1 aliphatic heterocycles. The van der Waals surface area contributed by atoms with E-state index in [9.17, 15) is 20.0 Å². The van der Waals surface area contributed by atoms with Crippen molar-refractivity contribution >= 4 is 33.4 Å². The third-order valence-corrected chi connectivity index (χ3v) is 3.13. The largest absolute Gasteiger partial charge is 0.530 e. The smallest absolute Gasteiger partial charge is 0.293 e. The van der Waals surface area contributed by atoms with E-state index in [1.807, 2.05) is 0 Å². The third kappa shape index (κ3) is 2.53. The van der Waals surface area contributed by atoms with E-state index >= 15 is 0 Å². The highest BCUT2D eigenvalue weighted by atomic mass is 79.9.